The average molecular weight is 1590 g/mol. The zero-order valence-corrected chi connectivity index (χ0v) is 76.0. The van der Waals surface area contributed by atoms with Crippen LogP contribution in [0.25, 0.3) is 0 Å². The van der Waals surface area contributed by atoms with Crippen molar-refractivity contribution in [2.75, 3.05) is 39.3 Å². The Kier molecular flexibility index (Phi) is 31.8. The first kappa shape index (κ1) is 96.2. The molecule has 0 aliphatic heterocycles. The van der Waals surface area contributed by atoms with Gasteiger partial charge in [0, 0.05) is 0 Å². The van der Waals surface area contributed by atoms with Gasteiger partial charge in [0.2, 0.25) is 0 Å². The number of nitrogens with two attached hydrogens (primary N) is 6. The Balaban J connectivity index is 0.000000189. The first-order valence-electron chi connectivity index (χ1n) is 44.5. The van der Waals surface area contributed by atoms with Crippen molar-refractivity contribution in [1.82, 2.24) is 0 Å². The summed E-state index contributed by atoms with van der Waals surface area (Å²) in [5, 5.41) is 0. The molecule has 6 saturated carbocycles. The number of fused-ring (bicyclic) bond motifs is 6. The Labute approximate surface area is 690 Å². The molecule has 0 aromatic rings. The molecule has 12 aliphatic carbocycles. The van der Waals surface area contributed by atoms with Crippen LogP contribution < -0.4 is 34.4 Å². The van der Waals surface area contributed by atoms with Crippen molar-refractivity contribution in [2.24, 2.45) is 138 Å². The van der Waals surface area contributed by atoms with Crippen LogP contribution in [0.4, 0.5) is 0 Å². The van der Waals surface area contributed by atoms with Gasteiger partial charge < -0.3 is 62.8 Å². The summed E-state index contributed by atoms with van der Waals surface area (Å²) in [4.78, 5) is 72.4. The van der Waals surface area contributed by atoms with Crippen molar-refractivity contribution in [2.45, 2.75) is 354 Å². The maximum absolute atomic E-state index is 12.1. The molecule has 648 valence electrons. The third-order valence-electron chi connectivity index (χ3n) is 27.6. The molecule has 18 nitrogen and oxygen atoms in total. The molecule has 0 radical (unpaired) electrons. The van der Waals surface area contributed by atoms with Gasteiger partial charge in [0.15, 0.2) is 0 Å². The molecule has 0 aromatic heterocycles. The molecule has 12 N–H and O–H groups in total. The van der Waals surface area contributed by atoms with Gasteiger partial charge in [-0.05, 0) is 383 Å². The molecule has 18 atom stereocenters. The van der Waals surface area contributed by atoms with E-state index in [1.165, 1.54) is 72.0 Å². The second-order valence-corrected chi connectivity index (χ2v) is 43.2. The Bertz CT molecular complexity index is 2950. The van der Waals surface area contributed by atoms with Crippen LogP contribution in [-0.4, -0.2) is 109 Å². The van der Waals surface area contributed by atoms with Crippen LogP contribution in [0, 0.1) is 104 Å². The van der Waals surface area contributed by atoms with Gasteiger partial charge >= 0.3 is 35.8 Å². The number of esters is 6. The zero-order chi connectivity index (χ0) is 85.6. The molecule has 0 unspecified atom stereocenters. The van der Waals surface area contributed by atoms with Crippen molar-refractivity contribution in [3.8, 4) is 0 Å². The quantitative estimate of drug-likeness (QED) is 0.0297. The first-order chi connectivity index (χ1) is 52.8. The monoisotopic (exact) mass is 1590 g/mol. The van der Waals surface area contributed by atoms with E-state index in [1.54, 1.807) is 0 Å². The SMILES string of the molecule is CCC1=C[C@@H]2[C@H](C1)C[C@@]2(CN)CC(=O)OC(C)(C)C.CCC1=C[C@@H]2[C@H](C1)C[C@]2(CN)CC(=O)OC(C)(C)C.CCC1=C[C@@H]2[C@H](C1)C[C@]2(CN)CC(=O)OC(C)(C)C.CCC1=C[C@H]2[C@@H](C1)C[C@@]2(CN)CC(=O)OC(C)(C)C.CCC1=C[C@H]2[C@@H](C1)C[C@@]2(CN)CC(=O)OC(C)(C)C.CCC1=C[C@H]2[C@@H](C1)C[C@]2(CN)CC(=O)OC(C)(C)C. The summed E-state index contributed by atoms with van der Waals surface area (Å²) in [6.07, 6.45) is 37.5. The summed E-state index contributed by atoms with van der Waals surface area (Å²) in [5.74, 6) is 6.73. The first-order valence-corrected chi connectivity index (χ1v) is 44.5. The fourth-order valence-corrected chi connectivity index (χ4v) is 22.2. The Morgan fingerprint density at radius 3 is 0.456 bits per heavy atom. The van der Waals surface area contributed by atoms with Crippen LogP contribution in [0.2, 0.25) is 0 Å². The number of carbonyl (C=O) groups excluding carboxylic acids is 6. The third kappa shape index (κ3) is 24.2. The molecular weight excluding hydrogens is 1430 g/mol. The Morgan fingerprint density at radius 1 is 0.254 bits per heavy atom. The normalized spacial score (nSPS) is 33.4. The van der Waals surface area contributed by atoms with E-state index in [0.717, 1.165) is 113 Å². The number of hydrogen-bond donors (Lipinski definition) is 6. The van der Waals surface area contributed by atoms with Crippen molar-refractivity contribution >= 4 is 35.8 Å². The summed E-state index contributed by atoms with van der Waals surface area (Å²) in [6.45, 7) is 51.1. The average Bonchev–Trinajstić information content (AvgIpc) is 1.63. The highest BCUT2D eigenvalue weighted by atomic mass is 16.6. The lowest BCUT2D eigenvalue weighted by atomic mass is 9.53. The summed E-state index contributed by atoms with van der Waals surface area (Å²) >= 11 is 0. The lowest BCUT2D eigenvalue weighted by Crippen LogP contribution is -2.51. The molecule has 0 bridgehead atoms. The topological polar surface area (TPSA) is 314 Å². The van der Waals surface area contributed by atoms with Gasteiger partial charge in [0.25, 0.3) is 0 Å². The summed E-state index contributed by atoms with van der Waals surface area (Å²) in [7, 11) is 0. The molecular formula is C96H162N6O12. The number of ether oxygens (including phenoxy) is 6. The number of hydrogen-bond acceptors (Lipinski definition) is 18. The predicted octanol–water partition coefficient (Wildman–Crippen LogP) is 18.2. The van der Waals surface area contributed by atoms with E-state index in [2.05, 4.69) is 78.0 Å². The fraction of sp³-hybridized carbons (Fsp3) is 0.812. The van der Waals surface area contributed by atoms with Crippen molar-refractivity contribution < 1.29 is 57.2 Å². The molecule has 0 amide bonds. The van der Waals surface area contributed by atoms with Gasteiger partial charge in [0.05, 0.1) is 38.5 Å². The second kappa shape index (κ2) is 37.8. The molecule has 12 rings (SSSR count). The maximum Gasteiger partial charge on any atom is 0.306 e. The molecule has 0 spiro atoms. The van der Waals surface area contributed by atoms with Crippen LogP contribution in [0.3, 0.4) is 0 Å². The van der Waals surface area contributed by atoms with Crippen LogP contribution in [0.1, 0.15) is 320 Å². The van der Waals surface area contributed by atoms with Crippen molar-refractivity contribution in [1.29, 1.82) is 0 Å². The van der Waals surface area contributed by atoms with Gasteiger partial charge in [-0.1, -0.05) is 111 Å². The number of rotatable bonds is 24. The Hall–Kier alpha value is -4.98. The lowest BCUT2D eigenvalue weighted by Gasteiger charge is -2.51. The minimum Gasteiger partial charge on any atom is -0.460 e. The van der Waals surface area contributed by atoms with Gasteiger partial charge in [0.1, 0.15) is 33.6 Å². The zero-order valence-electron chi connectivity index (χ0n) is 76.0. The molecule has 12 aliphatic rings. The van der Waals surface area contributed by atoms with E-state index in [0.29, 0.717) is 113 Å². The highest BCUT2D eigenvalue weighted by Crippen LogP contribution is 2.65. The van der Waals surface area contributed by atoms with Crippen LogP contribution in [0.15, 0.2) is 69.9 Å². The van der Waals surface area contributed by atoms with E-state index in [4.69, 9.17) is 62.8 Å². The summed E-state index contributed by atoms with van der Waals surface area (Å²) < 4.78 is 32.7. The summed E-state index contributed by atoms with van der Waals surface area (Å²) in [5.41, 5.74) is 42.5. The Morgan fingerprint density at radius 2 is 0.368 bits per heavy atom. The fourth-order valence-electron chi connectivity index (χ4n) is 22.2. The van der Waals surface area contributed by atoms with Gasteiger partial charge in [-0.2, -0.15) is 0 Å². The molecule has 18 heteroatoms. The summed E-state index contributed by atoms with van der Waals surface area (Å²) in [6, 6.07) is 0. The molecule has 114 heavy (non-hydrogen) atoms. The lowest BCUT2D eigenvalue weighted by molar-refractivity contribution is -0.163. The smallest absolute Gasteiger partial charge is 0.306 e. The van der Waals surface area contributed by atoms with Gasteiger partial charge in [-0.15, -0.1) is 0 Å². The van der Waals surface area contributed by atoms with Crippen LogP contribution in [-0.2, 0) is 57.2 Å². The molecule has 6 fully saturated rings. The van der Waals surface area contributed by atoms with E-state index < -0.39 is 33.6 Å². The highest BCUT2D eigenvalue weighted by Gasteiger charge is 2.61. The van der Waals surface area contributed by atoms with Crippen LogP contribution in [0.5, 0.6) is 0 Å². The standard InChI is InChI=1S/6C16H27NO2/c6*1-5-11-6-12-8-16(10-17,13(12)7-11)9-14(18)19-15(2,3)4/h6*7,12-13H,5-6,8-10,17H2,1-4H3/t2*12-,13-,16+;4*12-,13-,16-/m101100/s1. The van der Waals surface area contributed by atoms with Crippen LogP contribution >= 0.6 is 0 Å². The molecule has 0 saturated heterocycles. The van der Waals surface area contributed by atoms with Crippen molar-refractivity contribution in [3.05, 3.63) is 69.9 Å². The van der Waals surface area contributed by atoms with Crippen molar-refractivity contribution in [3.63, 3.8) is 0 Å². The minimum atomic E-state index is -0.407. The highest BCUT2D eigenvalue weighted by molar-refractivity contribution is 5.74. The van der Waals surface area contributed by atoms with Gasteiger partial charge in [-0.3, -0.25) is 28.8 Å². The third-order valence-corrected chi connectivity index (χ3v) is 27.6. The maximum atomic E-state index is 12.1. The van der Waals surface area contributed by atoms with E-state index in [1.807, 2.05) is 125 Å². The number of allylic oxidation sites excluding steroid dienone is 12. The predicted molar refractivity (Wildman–Crippen MR) is 459 cm³/mol. The minimum absolute atomic E-state index is 0.0378. The van der Waals surface area contributed by atoms with E-state index in [-0.39, 0.29) is 68.3 Å². The molecule has 0 aromatic carbocycles. The van der Waals surface area contributed by atoms with E-state index >= 15 is 0 Å². The van der Waals surface area contributed by atoms with Gasteiger partial charge in [-0.25, -0.2) is 0 Å². The van der Waals surface area contributed by atoms with E-state index in [9.17, 15) is 28.8 Å². The second-order valence-electron chi connectivity index (χ2n) is 43.2. The molecule has 0 heterocycles. The number of carbonyl (C=O) groups is 6. The largest absolute Gasteiger partial charge is 0.460 e.